The fourth-order valence-corrected chi connectivity index (χ4v) is 3.92. The van der Waals surface area contributed by atoms with E-state index in [0.717, 1.165) is 6.26 Å². The van der Waals surface area contributed by atoms with Crippen LogP contribution in [0.15, 0.2) is 0 Å². The lowest BCUT2D eigenvalue weighted by molar-refractivity contribution is -0.139. The van der Waals surface area contributed by atoms with Crippen molar-refractivity contribution in [1.29, 1.82) is 0 Å². The van der Waals surface area contributed by atoms with Crippen LogP contribution >= 0.6 is 0 Å². The van der Waals surface area contributed by atoms with E-state index in [1.165, 1.54) is 0 Å². The van der Waals surface area contributed by atoms with E-state index in [1.54, 1.807) is 6.92 Å². The smallest absolute Gasteiger partial charge is 0.321 e. The first kappa shape index (κ1) is 16.3. The van der Waals surface area contributed by atoms with Crippen molar-refractivity contribution >= 4 is 25.8 Å². The van der Waals surface area contributed by atoms with Crippen molar-refractivity contribution in [2.45, 2.75) is 25.8 Å². The van der Waals surface area contributed by atoms with Gasteiger partial charge in [-0.3, -0.25) is 4.79 Å². The van der Waals surface area contributed by atoms with Gasteiger partial charge in [0.2, 0.25) is 10.0 Å². The van der Waals surface area contributed by atoms with Crippen molar-refractivity contribution in [1.82, 2.24) is 4.72 Å². The molecule has 0 saturated carbocycles. The molecule has 0 amide bonds. The second-order valence-corrected chi connectivity index (χ2v) is 7.88. The van der Waals surface area contributed by atoms with E-state index in [0.29, 0.717) is 6.42 Å². The second kappa shape index (κ2) is 6.31. The largest absolute Gasteiger partial charge is 0.480 e. The maximum absolute atomic E-state index is 11.4. The van der Waals surface area contributed by atoms with Gasteiger partial charge in [-0.2, -0.15) is 0 Å². The molecule has 0 unspecified atom stereocenters. The van der Waals surface area contributed by atoms with Crippen LogP contribution in [0.2, 0.25) is 0 Å². The van der Waals surface area contributed by atoms with E-state index in [1.807, 2.05) is 4.72 Å². The van der Waals surface area contributed by atoms with Crippen molar-refractivity contribution in [2.75, 3.05) is 17.8 Å². The lowest BCUT2D eigenvalue weighted by atomic mass is 10.2. The zero-order valence-corrected chi connectivity index (χ0v) is 11.3. The molecule has 9 heteroatoms. The minimum atomic E-state index is -3.89. The molecule has 0 fully saturated rings. The summed E-state index contributed by atoms with van der Waals surface area (Å²) in [5, 5.41) is 8.75. The van der Waals surface area contributed by atoms with Crippen molar-refractivity contribution in [3.05, 3.63) is 0 Å². The summed E-state index contributed by atoms with van der Waals surface area (Å²) in [6.07, 6.45) is 1.59. The Morgan fingerprint density at radius 3 is 2.12 bits per heavy atom. The monoisotopic (exact) mass is 287 g/mol. The van der Waals surface area contributed by atoms with Crippen LogP contribution in [0.3, 0.4) is 0 Å². The first-order valence-corrected chi connectivity index (χ1v) is 8.69. The molecule has 0 aromatic heterocycles. The molecule has 17 heavy (non-hydrogen) atoms. The van der Waals surface area contributed by atoms with E-state index in [-0.39, 0.29) is 6.42 Å². The van der Waals surface area contributed by atoms with Gasteiger partial charge < -0.3 is 5.11 Å². The topological polar surface area (TPSA) is 118 Å². The minimum absolute atomic E-state index is 0.160. The summed E-state index contributed by atoms with van der Waals surface area (Å²) < 4.78 is 46.5. The Kier molecular flexibility index (Phi) is 6.06. The first-order chi connectivity index (χ1) is 7.57. The highest BCUT2D eigenvalue weighted by molar-refractivity contribution is 7.93. The average molecular weight is 287 g/mol. The maximum Gasteiger partial charge on any atom is 0.321 e. The van der Waals surface area contributed by atoms with E-state index < -0.39 is 43.4 Å². The van der Waals surface area contributed by atoms with E-state index in [4.69, 9.17) is 5.11 Å². The van der Waals surface area contributed by atoms with Gasteiger partial charge in [0.05, 0.1) is 11.5 Å². The summed E-state index contributed by atoms with van der Waals surface area (Å²) in [7, 11) is -7.28. The van der Waals surface area contributed by atoms with Crippen molar-refractivity contribution in [2.24, 2.45) is 0 Å². The summed E-state index contributed by atoms with van der Waals surface area (Å²) in [6.45, 7) is 1.72. The summed E-state index contributed by atoms with van der Waals surface area (Å²) in [6, 6.07) is -1.20. The van der Waals surface area contributed by atoms with Crippen molar-refractivity contribution < 1.29 is 26.7 Å². The number of sulfonamides is 1. The van der Waals surface area contributed by atoms with Gasteiger partial charge in [0.25, 0.3) is 0 Å². The number of carboxylic acid groups (broad SMARTS) is 1. The van der Waals surface area contributed by atoms with Crippen LogP contribution in [0.4, 0.5) is 0 Å². The Labute approximate surface area is 101 Å². The molecular formula is C8H17NO6S2. The average Bonchev–Trinajstić information content (AvgIpc) is 2.13. The highest BCUT2D eigenvalue weighted by atomic mass is 32.2. The lowest BCUT2D eigenvalue weighted by Crippen LogP contribution is -2.42. The molecule has 0 spiro atoms. The number of hydrogen-bond donors (Lipinski definition) is 2. The third-order valence-electron chi connectivity index (χ3n) is 1.92. The van der Waals surface area contributed by atoms with Gasteiger partial charge in [0.15, 0.2) is 0 Å². The van der Waals surface area contributed by atoms with E-state index in [2.05, 4.69) is 0 Å². The molecule has 1 atom stereocenters. The standard InChI is InChI=1S/C8H17NO6S2/c1-3-4-7(8(10)11)9-17(14,15)6-5-16(2,12)13/h7,9H,3-6H2,1-2H3,(H,10,11)/t7-/m1/s1. The molecule has 0 bridgehead atoms. The first-order valence-electron chi connectivity index (χ1n) is 4.98. The quantitative estimate of drug-likeness (QED) is 0.603. The Bertz CT molecular complexity index is 452. The molecule has 0 aromatic carbocycles. The highest BCUT2D eigenvalue weighted by Crippen LogP contribution is 2.00. The molecule has 0 saturated heterocycles. The van der Waals surface area contributed by atoms with Crippen LogP contribution in [0.1, 0.15) is 19.8 Å². The molecular weight excluding hydrogens is 270 g/mol. The Morgan fingerprint density at radius 1 is 1.24 bits per heavy atom. The molecule has 102 valence electrons. The molecule has 0 rings (SSSR count). The van der Waals surface area contributed by atoms with Crippen LogP contribution in [0.25, 0.3) is 0 Å². The number of aliphatic carboxylic acids is 1. The van der Waals surface area contributed by atoms with Crippen LogP contribution in [-0.2, 0) is 24.7 Å². The molecule has 2 N–H and O–H groups in total. The number of hydrogen-bond acceptors (Lipinski definition) is 5. The summed E-state index contributed by atoms with van der Waals surface area (Å²) in [5.74, 6) is -2.42. The zero-order chi connectivity index (χ0) is 13.7. The minimum Gasteiger partial charge on any atom is -0.480 e. The van der Waals surface area contributed by atoms with Gasteiger partial charge in [-0.05, 0) is 6.42 Å². The predicted molar refractivity (Wildman–Crippen MR) is 63.0 cm³/mol. The number of nitrogens with one attached hydrogen (secondary N) is 1. The van der Waals surface area contributed by atoms with Gasteiger partial charge in [0.1, 0.15) is 15.9 Å². The third kappa shape index (κ3) is 8.11. The highest BCUT2D eigenvalue weighted by Gasteiger charge is 2.23. The molecule has 0 aromatic rings. The number of carbonyl (C=O) groups is 1. The number of rotatable bonds is 8. The zero-order valence-electron chi connectivity index (χ0n) is 9.71. The number of sulfone groups is 1. The summed E-state index contributed by atoms with van der Waals surface area (Å²) >= 11 is 0. The van der Waals surface area contributed by atoms with E-state index in [9.17, 15) is 21.6 Å². The van der Waals surface area contributed by atoms with Gasteiger partial charge in [-0.15, -0.1) is 0 Å². The summed E-state index contributed by atoms with van der Waals surface area (Å²) in [5.41, 5.74) is 0. The van der Waals surface area contributed by atoms with Crippen LogP contribution in [-0.4, -0.2) is 51.7 Å². The molecule has 7 nitrogen and oxygen atoms in total. The Hall–Kier alpha value is -0.670. The van der Waals surface area contributed by atoms with Crippen LogP contribution < -0.4 is 4.72 Å². The molecule has 0 aliphatic carbocycles. The molecule has 0 heterocycles. The maximum atomic E-state index is 11.4. The van der Waals surface area contributed by atoms with Gasteiger partial charge in [0, 0.05) is 6.26 Å². The fraction of sp³-hybridized carbons (Fsp3) is 0.875. The molecule has 0 radical (unpaired) electrons. The van der Waals surface area contributed by atoms with Gasteiger partial charge in [-0.1, -0.05) is 13.3 Å². The number of carboxylic acids is 1. The van der Waals surface area contributed by atoms with Crippen LogP contribution in [0, 0.1) is 0 Å². The van der Waals surface area contributed by atoms with Crippen molar-refractivity contribution in [3.63, 3.8) is 0 Å². The second-order valence-electron chi connectivity index (χ2n) is 3.75. The SMILES string of the molecule is CCC[C@@H](NS(=O)(=O)CCS(C)(=O)=O)C(=O)O. The van der Waals surface area contributed by atoms with Gasteiger partial charge >= 0.3 is 5.97 Å². The Morgan fingerprint density at radius 2 is 1.76 bits per heavy atom. The van der Waals surface area contributed by atoms with Crippen LogP contribution in [0.5, 0.6) is 0 Å². The van der Waals surface area contributed by atoms with Gasteiger partial charge in [-0.25, -0.2) is 21.6 Å². The van der Waals surface area contributed by atoms with E-state index >= 15 is 0 Å². The van der Waals surface area contributed by atoms with Crippen molar-refractivity contribution in [3.8, 4) is 0 Å². The fourth-order valence-electron chi connectivity index (χ4n) is 1.06. The lowest BCUT2D eigenvalue weighted by Gasteiger charge is -2.13. The Balaban J connectivity index is 4.57. The predicted octanol–water partition coefficient (Wildman–Crippen LogP) is -0.796. The third-order valence-corrected chi connectivity index (χ3v) is 4.51. The normalized spacial score (nSPS) is 14.5. The summed E-state index contributed by atoms with van der Waals surface area (Å²) in [4.78, 5) is 10.7. The molecule has 0 aliphatic rings. The molecule has 0 aliphatic heterocycles.